The predicted molar refractivity (Wildman–Crippen MR) is 108 cm³/mol. The molecule has 1 saturated heterocycles. The summed E-state index contributed by atoms with van der Waals surface area (Å²) in [4.78, 5) is 36.0. The van der Waals surface area contributed by atoms with Gasteiger partial charge in [-0.3, -0.25) is 19.7 Å². The number of esters is 1. The van der Waals surface area contributed by atoms with Crippen molar-refractivity contribution in [3.63, 3.8) is 0 Å². The minimum Gasteiger partial charge on any atom is -0.450 e. The van der Waals surface area contributed by atoms with E-state index < -0.39 is 33.9 Å². The molecule has 30 heavy (non-hydrogen) atoms. The number of nitro benzene ring substituents is 1. The van der Waals surface area contributed by atoms with Gasteiger partial charge in [0.2, 0.25) is 5.82 Å². The Bertz CT molecular complexity index is 1080. The summed E-state index contributed by atoms with van der Waals surface area (Å²) in [6.07, 6.45) is 3.78. The fraction of sp³-hybridized carbons (Fsp3) is 0.364. The summed E-state index contributed by atoms with van der Waals surface area (Å²) in [6.45, 7) is 1.74. The monoisotopic (exact) mass is 431 g/mol. The maximum absolute atomic E-state index is 13.7. The Balaban J connectivity index is 1.74. The predicted octanol–water partition coefficient (Wildman–Crippen LogP) is 5.28. The topological polar surface area (TPSA) is 86.5 Å². The van der Waals surface area contributed by atoms with Crippen LogP contribution < -0.4 is 0 Å². The maximum Gasteiger partial charge on any atom is 0.322 e. The Morgan fingerprint density at radius 3 is 2.53 bits per heavy atom. The molecule has 2 aromatic rings. The first-order valence-electron chi connectivity index (χ1n) is 9.75. The third kappa shape index (κ3) is 3.27. The van der Waals surface area contributed by atoms with E-state index in [9.17, 15) is 24.1 Å². The molecule has 8 heteroatoms. The van der Waals surface area contributed by atoms with Crippen LogP contribution in [-0.2, 0) is 14.3 Å². The third-order valence-electron chi connectivity index (χ3n) is 6.02. The first-order chi connectivity index (χ1) is 14.2. The van der Waals surface area contributed by atoms with Crippen molar-refractivity contribution in [3.05, 3.63) is 62.4 Å². The van der Waals surface area contributed by atoms with Crippen LogP contribution in [0.4, 0.5) is 10.1 Å². The Labute approximate surface area is 177 Å². The Morgan fingerprint density at radius 2 is 1.87 bits per heavy atom. The van der Waals surface area contributed by atoms with Gasteiger partial charge in [0.05, 0.1) is 4.92 Å². The van der Waals surface area contributed by atoms with Crippen LogP contribution in [0.25, 0.3) is 11.1 Å². The first kappa shape index (κ1) is 20.5. The lowest BCUT2D eigenvalue weighted by molar-refractivity contribution is -0.387. The van der Waals surface area contributed by atoms with Gasteiger partial charge in [-0.05, 0) is 67.5 Å². The van der Waals surface area contributed by atoms with Gasteiger partial charge in [0.1, 0.15) is 5.92 Å². The summed E-state index contributed by atoms with van der Waals surface area (Å²) in [6, 6.07) is 6.71. The zero-order chi connectivity index (χ0) is 21.6. The van der Waals surface area contributed by atoms with Gasteiger partial charge >= 0.3 is 11.7 Å². The van der Waals surface area contributed by atoms with Crippen LogP contribution >= 0.6 is 11.6 Å². The highest BCUT2D eigenvalue weighted by atomic mass is 35.5. The van der Waals surface area contributed by atoms with Gasteiger partial charge in [-0.25, -0.2) is 0 Å². The molecule has 2 aromatic carbocycles. The number of ether oxygens (including phenoxy) is 1. The summed E-state index contributed by atoms with van der Waals surface area (Å²) in [5.74, 6) is -2.76. The van der Waals surface area contributed by atoms with Crippen LogP contribution in [0.1, 0.15) is 49.1 Å². The average Bonchev–Trinajstić information content (AvgIpc) is 2.93. The molecule has 0 aromatic heterocycles. The minimum absolute atomic E-state index is 0.210. The molecule has 1 aliphatic heterocycles. The number of Topliss-reactive ketones (excluding diaryl/α,β-unsaturated/α-hetero) is 1. The zero-order valence-electron chi connectivity index (χ0n) is 16.2. The highest BCUT2D eigenvalue weighted by Crippen LogP contribution is 2.45. The van der Waals surface area contributed by atoms with E-state index in [4.69, 9.17) is 16.3 Å². The molecule has 0 bridgehead atoms. The fourth-order valence-electron chi connectivity index (χ4n) is 4.46. The molecule has 2 aliphatic rings. The number of aryl methyl sites for hydroxylation is 1. The van der Waals surface area contributed by atoms with Crippen LogP contribution in [0.3, 0.4) is 0 Å². The summed E-state index contributed by atoms with van der Waals surface area (Å²) in [5.41, 5.74) is 0.232. The number of benzene rings is 2. The summed E-state index contributed by atoms with van der Waals surface area (Å²) < 4.78 is 19.3. The maximum atomic E-state index is 13.7. The second-order valence-corrected chi connectivity index (χ2v) is 8.29. The van der Waals surface area contributed by atoms with Crippen LogP contribution in [0, 0.1) is 22.9 Å². The van der Waals surface area contributed by atoms with Gasteiger partial charge < -0.3 is 4.74 Å². The van der Waals surface area contributed by atoms with Crippen LogP contribution in [0.2, 0.25) is 5.02 Å². The Kier molecular flexibility index (Phi) is 5.10. The van der Waals surface area contributed by atoms with Gasteiger partial charge in [0, 0.05) is 16.7 Å². The number of nitrogens with zero attached hydrogens (tertiary/aromatic N) is 1. The third-order valence-corrected chi connectivity index (χ3v) is 6.34. The van der Waals surface area contributed by atoms with Crippen LogP contribution in [-0.4, -0.2) is 22.3 Å². The summed E-state index contributed by atoms with van der Waals surface area (Å²) >= 11 is 6.43. The van der Waals surface area contributed by atoms with Crippen molar-refractivity contribution in [2.24, 2.45) is 0 Å². The van der Waals surface area contributed by atoms with Crippen molar-refractivity contribution in [2.75, 3.05) is 0 Å². The number of halogens is 2. The van der Waals surface area contributed by atoms with Gasteiger partial charge in [0.25, 0.3) is 0 Å². The number of hydrogen-bond acceptors (Lipinski definition) is 5. The van der Waals surface area contributed by atoms with E-state index >= 15 is 0 Å². The molecule has 1 saturated carbocycles. The molecule has 1 heterocycles. The van der Waals surface area contributed by atoms with Crippen molar-refractivity contribution in [3.8, 4) is 11.1 Å². The van der Waals surface area contributed by atoms with Crippen molar-refractivity contribution >= 4 is 29.0 Å². The molecule has 6 nitrogen and oxygen atoms in total. The van der Waals surface area contributed by atoms with Crippen molar-refractivity contribution in [1.82, 2.24) is 0 Å². The zero-order valence-corrected chi connectivity index (χ0v) is 17.0. The SMILES string of the molecule is Cc1cc(-c2ccc(F)c([N+](=O)[O-])c2)c(Cl)cc1C1C(=O)OC2(CCCCC2)C1=O. The molecule has 1 aliphatic carbocycles. The molecule has 156 valence electrons. The molecule has 2 fully saturated rings. The molecule has 0 radical (unpaired) electrons. The normalized spacial score (nSPS) is 20.4. The van der Waals surface area contributed by atoms with E-state index in [1.165, 1.54) is 12.1 Å². The summed E-state index contributed by atoms with van der Waals surface area (Å²) in [5, 5.41) is 11.3. The Hall–Kier alpha value is -2.80. The molecule has 0 N–H and O–H groups in total. The van der Waals surface area contributed by atoms with Crippen LogP contribution in [0.5, 0.6) is 0 Å². The molecule has 1 atom stereocenters. The second kappa shape index (κ2) is 7.47. The van der Waals surface area contributed by atoms with E-state index in [1.807, 2.05) is 0 Å². The van der Waals surface area contributed by atoms with E-state index in [0.717, 1.165) is 31.4 Å². The molecular formula is C22H19ClFNO5. The molecule has 1 spiro atoms. The van der Waals surface area contributed by atoms with Crippen molar-refractivity contribution < 1.29 is 23.6 Å². The minimum atomic E-state index is -1.03. The molecular weight excluding hydrogens is 413 g/mol. The first-order valence-corrected chi connectivity index (χ1v) is 10.1. The lowest BCUT2D eigenvalue weighted by Gasteiger charge is -2.29. The number of nitro groups is 1. The fourth-order valence-corrected chi connectivity index (χ4v) is 4.74. The van der Waals surface area contributed by atoms with Crippen LogP contribution in [0.15, 0.2) is 30.3 Å². The second-order valence-electron chi connectivity index (χ2n) is 7.89. The van der Waals surface area contributed by atoms with E-state index in [1.54, 1.807) is 13.0 Å². The average molecular weight is 432 g/mol. The molecule has 4 rings (SSSR count). The lowest BCUT2D eigenvalue weighted by Crippen LogP contribution is -2.39. The Morgan fingerprint density at radius 1 is 1.17 bits per heavy atom. The number of hydrogen-bond donors (Lipinski definition) is 0. The lowest BCUT2D eigenvalue weighted by atomic mass is 9.77. The van der Waals surface area contributed by atoms with Gasteiger partial charge in [-0.1, -0.05) is 24.1 Å². The smallest absolute Gasteiger partial charge is 0.322 e. The van der Waals surface area contributed by atoms with E-state index in [2.05, 4.69) is 0 Å². The highest BCUT2D eigenvalue weighted by molar-refractivity contribution is 6.33. The number of carbonyl (C=O) groups is 2. The number of rotatable bonds is 3. The largest absolute Gasteiger partial charge is 0.450 e. The van der Waals surface area contributed by atoms with E-state index in [0.29, 0.717) is 35.1 Å². The molecule has 1 unspecified atom stereocenters. The number of carbonyl (C=O) groups excluding carboxylic acids is 2. The van der Waals surface area contributed by atoms with Gasteiger partial charge in [0.15, 0.2) is 11.4 Å². The summed E-state index contributed by atoms with van der Waals surface area (Å²) in [7, 11) is 0. The molecule has 0 amide bonds. The quantitative estimate of drug-likeness (QED) is 0.286. The van der Waals surface area contributed by atoms with E-state index in [-0.39, 0.29) is 10.8 Å². The standard InChI is InChI=1S/C22H19ClFNO5/c1-12-9-15(13-5-6-17(24)18(10-13)25(28)29)16(23)11-14(12)19-20(26)22(30-21(19)27)7-3-2-4-8-22/h5-6,9-11,19H,2-4,7-8H2,1H3. The van der Waals surface area contributed by atoms with Crippen molar-refractivity contribution in [2.45, 2.75) is 50.5 Å². The highest BCUT2D eigenvalue weighted by Gasteiger charge is 2.55. The van der Waals surface area contributed by atoms with Gasteiger partial charge in [-0.2, -0.15) is 4.39 Å². The van der Waals surface area contributed by atoms with Gasteiger partial charge in [-0.15, -0.1) is 0 Å². The van der Waals surface area contributed by atoms with Crippen molar-refractivity contribution in [1.29, 1.82) is 0 Å². The number of ketones is 1.